The van der Waals surface area contributed by atoms with Crippen molar-refractivity contribution >= 4 is 5.57 Å². The summed E-state index contributed by atoms with van der Waals surface area (Å²) in [6, 6.07) is 6.40. The highest BCUT2D eigenvalue weighted by atomic mass is 16.5. The van der Waals surface area contributed by atoms with Gasteiger partial charge in [-0.1, -0.05) is 30.7 Å². The summed E-state index contributed by atoms with van der Waals surface area (Å²) >= 11 is 0. The van der Waals surface area contributed by atoms with Gasteiger partial charge in [0.1, 0.15) is 5.75 Å². The van der Waals surface area contributed by atoms with E-state index in [1.165, 1.54) is 16.7 Å². The van der Waals surface area contributed by atoms with E-state index in [0.29, 0.717) is 0 Å². The maximum Gasteiger partial charge on any atom is 0.129 e. The third-order valence-electron chi connectivity index (χ3n) is 3.87. The number of aliphatic hydroxyl groups is 1. The third-order valence-corrected chi connectivity index (χ3v) is 3.87. The van der Waals surface area contributed by atoms with Crippen LogP contribution < -0.4 is 4.74 Å². The monoisotopic (exact) mass is 244 g/mol. The van der Waals surface area contributed by atoms with Crippen LogP contribution >= 0.6 is 0 Å². The van der Waals surface area contributed by atoms with Gasteiger partial charge in [-0.05, 0) is 43.2 Å². The second kappa shape index (κ2) is 5.15. The molecule has 0 amide bonds. The average molecular weight is 244 g/mol. The second-order valence-corrected chi connectivity index (χ2v) is 5.25. The van der Waals surface area contributed by atoms with Gasteiger partial charge < -0.3 is 9.84 Å². The fourth-order valence-electron chi connectivity index (χ4n) is 2.93. The highest BCUT2D eigenvalue weighted by Crippen LogP contribution is 2.36. The molecule has 0 aromatic heterocycles. The predicted molar refractivity (Wildman–Crippen MR) is 72.7 cm³/mol. The maximum atomic E-state index is 9.91. The highest BCUT2D eigenvalue weighted by Gasteiger charge is 2.18. The molecular formula is C16H20O2. The zero-order valence-corrected chi connectivity index (χ0v) is 10.7. The Kier molecular flexibility index (Phi) is 3.37. The van der Waals surface area contributed by atoms with Crippen molar-refractivity contribution in [1.82, 2.24) is 0 Å². The molecule has 0 saturated carbocycles. The van der Waals surface area contributed by atoms with E-state index in [0.717, 1.165) is 50.9 Å². The van der Waals surface area contributed by atoms with Crippen LogP contribution in [0, 0.1) is 0 Å². The van der Waals surface area contributed by atoms with E-state index in [1.807, 2.05) is 6.08 Å². The van der Waals surface area contributed by atoms with E-state index in [9.17, 15) is 5.11 Å². The van der Waals surface area contributed by atoms with Crippen LogP contribution in [0.5, 0.6) is 5.75 Å². The van der Waals surface area contributed by atoms with Crippen molar-refractivity contribution in [1.29, 1.82) is 0 Å². The SMILES string of the molecule is OC1C=C(c2cccc3c2OCCC3)CCCC1. The van der Waals surface area contributed by atoms with Gasteiger partial charge in [-0.25, -0.2) is 0 Å². The Hall–Kier alpha value is -1.28. The molecule has 1 heterocycles. The summed E-state index contributed by atoms with van der Waals surface area (Å²) < 4.78 is 5.86. The summed E-state index contributed by atoms with van der Waals surface area (Å²) in [5.41, 5.74) is 3.78. The summed E-state index contributed by atoms with van der Waals surface area (Å²) in [5.74, 6) is 1.06. The summed E-state index contributed by atoms with van der Waals surface area (Å²) in [6.45, 7) is 0.819. The second-order valence-electron chi connectivity index (χ2n) is 5.25. The molecule has 1 aromatic rings. The highest BCUT2D eigenvalue weighted by molar-refractivity contribution is 5.72. The number of allylic oxidation sites excluding steroid dienone is 1. The fraction of sp³-hybridized carbons (Fsp3) is 0.500. The number of ether oxygens (including phenoxy) is 1. The van der Waals surface area contributed by atoms with E-state index in [1.54, 1.807) is 0 Å². The Bertz CT molecular complexity index is 462. The zero-order valence-electron chi connectivity index (χ0n) is 10.7. The van der Waals surface area contributed by atoms with Crippen LogP contribution in [0.25, 0.3) is 5.57 Å². The van der Waals surface area contributed by atoms with E-state index < -0.39 is 0 Å². The van der Waals surface area contributed by atoms with Gasteiger partial charge in [0.05, 0.1) is 12.7 Å². The topological polar surface area (TPSA) is 29.5 Å². The van der Waals surface area contributed by atoms with Crippen molar-refractivity contribution in [3.8, 4) is 5.75 Å². The van der Waals surface area contributed by atoms with Crippen molar-refractivity contribution < 1.29 is 9.84 Å². The third kappa shape index (κ3) is 2.30. The van der Waals surface area contributed by atoms with E-state index >= 15 is 0 Å². The molecule has 2 heteroatoms. The maximum absolute atomic E-state index is 9.91. The van der Waals surface area contributed by atoms with Gasteiger partial charge in [0.2, 0.25) is 0 Å². The Morgan fingerprint density at radius 1 is 1.11 bits per heavy atom. The smallest absolute Gasteiger partial charge is 0.129 e. The molecule has 1 aromatic carbocycles. The molecule has 18 heavy (non-hydrogen) atoms. The molecule has 96 valence electrons. The lowest BCUT2D eigenvalue weighted by atomic mass is 9.95. The molecule has 1 unspecified atom stereocenters. The molecule has 1 atom stereocenters. The molecule has 0 fully saturated rings. The van der Waals surface area contributed by atoms with Crippen LogP contribution in [0.3, 0.4) is 0 Å². The summed E-state index contributed by atoms with van der Waals surface area (Å²) in [5, 5.41) is 9.91. The number of para-hydroxylation sites is 1. The van der Waals surface area contributed by atoms with Gasteiger partial charge in [0.15, 0.2) is 0 Å². The van der Waals surface area contributed by atoms with Gasteiger partial charge in [0.25, 0.3) is 0 Å². The first-order chi connectivity index (χ1) is 8.84. The first-order valence-electron chi connectivity index (χ1n) is 6.98. The molecule has 2 aliphatic rings. The quantitative estimate of drug-likeness (QED) is 0.821. The number of aliphatic hydroxyl groups excluding tert-OH is 1. The van der Waals surface area contributed by atoms with Crippen molar-refractivity contribution in [3.63, 3.8) is 0 Å². The molecule has 1 aliphatic carbocycles. The number of hydrogen-bond acceptors (Lipinski definition) is 2. The standard InChI is InChI=1S/C16H20O2/c17-14-8-2-1-5-13(11-14)15-9-3-6-12-7-4-10-18-16(12)15/h3,6,9,11,14,17H,1-2,4-5,7-8,10H2. The first kappa shape index (κ1) is 11.8. The summed E-state index contributed by atoms with van der Waals surface area (Å²) in [4.78, 5) is 0. The number of hydrogen-bond donors (Lipinski definition) is 1. The number of benzene rings is 1. The van der Waals surface area contributed by atoms with Gasteiger partial charge in [0, 0.05) is 5.56 Å². The van der Waals surface area contributed by atoms with Gasteiger partial charge in [-0.3, -0.25) is 0 Å². The number of aryl methyl sites for hydroxylation is 1. The van der Waals surface area contributed by atoms with E-state index in [2.05, 4.69) is 18.2 Å². The minimum Gasteiger partial charge on any atom is -0.493 e. The lowest BCUT2D eigenvalue weighted by molar-refractivity contribution is 0.211. The number of fused-ring (bicyclic) bond motifs is 1. The zero-order chi connectivity index (χ0) is 12.4. The van der Waals surface area contributed by atoms with Gasteiger partial charge >= 0.3 is 0 Å². The van der Waals surface area contributed by atoms with Crippen molar-refractivity contribution in [2.45, 2.75) is 44.6 Å². The summed E-state index contributed by atoms with van der Waals surface area (Å²) in [7, 11) is 0. The van der Waals surface area contributed by atoms with Crippen LogP contribution in [-0.4, -0.2) is 17.8 Å². The first-order valence-corrected chi connectivity index (χ1v) is 6.98. The van der Waals surface area contributed by atoms with E-state index in [4.69, 9.17) is 4.74 Å². The Labute approximate surface area is 108 Å². The molecule has 2 nitrogen and oxygen atoms in total. The molecule has 1 N–H and O–H groups in total. The minimum atomic E-state index is -0.290. The van der Waals surface area contributed by atoms with Crippen LogP contribution in [0.4, 0.5) is 0 Å². The molecule has 3 rings (SSSR count). The molecule has 1 aliphatic heterocycles. The molecule has 0 radical (unpaired) electrons. The Morgan fingerprint density at radius 2 is 2.06 bits per heavy atom. The largest absolute Gasteiger partial charge is 0.493 e. The van der Waals surface area contributed by atoms with E-state index in [-0.39, 0.29) is 6.10 Å². The molecule has 0 bridgehead atoms. The van der Waals surface area contributed by atoms with Crippen LogP contribution in [0.2, 0.25) is 0 Å². The fourth-order valence-corrected chi connectivity index (χ4v) is 2.93. The molecule has 0 spiro atoms. The lowest BCUT2D eigenvalue weighted by Crippen LogP contribution is -2.10. The average Bonchev–Trinajstić information content (AvgIpc) is 2.63. The van der Waals surface area contributed by atoms with Crippen LogP contribution in [-0.2, 0) is 6.42 Å². The number of rotatable bonds is 1. The normalized spacial score (nSPS) is 23.6. The minimum absolute atomic E-state index is 0.290. The Balaban J connectivity index is 2.00. The predicted octanol–water partition coefficient (Wildman–Crippen LogP) is 3.33. The molecule has 0 saturated heterocycles. The van der Waals surface area contributed by atoms with Crippen LogP contribution in [0.15, 0.2) is 24.3 Å². The van der Waals surface area contributed by atoms with Gasteiger partial charge in [-0.2, -0.15) is 0 Å². The van der Waals surface area contributed by atoms with Crippen molar-refractivity contribution in [2.24, 2.45) is 0 Å². The van der Waals surface area contributed by atoms with Crippen molar-refractivity contribution in [2.75, 3.05) is 6.61 Å². The molecular weight excluding hydrogens is 224 g/mol. The van der Waals surface area contributed by atoms with Gasteiger partial charge in [-0.15, -0.1) is 0 Å². The Morgan fingerprint density at radius 3 is 3.00 bits per heavy atom. The lowest BCUT2D eigenvalue weighted by Gasteiger charge is -2.21. The summed E-state index contributed by atoms with van der Waals surface area (Å²) in [6.07, 6.45) is 8.17. The van der Waals surface area contributed by atoms with Crippen molar-refractivity contribution in [3.05, 3.63) is 35.4 Å². The van der Waals surface area contributed by atoms with Crippen LogP contribution in [0.1, 0.15) is 43.2 Å².